The number of esters is 2. The molecule has 6 unspecified atom stereocenters. The van der Waals surface area contributed by atoms with E-state index in [1.54, 1.807) is 12.1 Å². The minimum absolute atomic E-state index is 0.0312. The van der Waals surface area contributed by atoms with Crippen molar-refractivity contribution in [1.29, 1.82) is 0 Å². The summed E-state index contributed by atoms with van der Waals surface area (Å²) in [5.41, 5.74) is 5.06. The van der Waals surface area contributed by atoms with Crippen molar-refractivity contribution in [3.8, 4) is 0 Å². The number of halogens is 3. The Bertz CT molecular complexity index is 1860. The second kappa shape index (κ2) is 19.5. The smallest absolute Gasteiger partial charge is 0.327 e. The summed E-state index contributed by atoms with van der Waals surface area (Å²) in [4.78, 5) is 31.9. The van der Waals surface area contributed by atoms with Crippen LogP contribution in [0.4, 0.5) is 14.6 Å². The predicted molar refractivity (Wildman–Crippen MR) is 214 cm³/mol. The van der Waals surface area contributed by atoms with Gasteiger partial charge in [0, 0.05) is 44.6 Å². The van der Waals surface area contributed by atoms with Crippen molar-refractivity contribution in [1.82, 2.24) is 9.88 Å². The molecule has 0 radical (unpaired) electrons. The van der Waals surface area contributed by atoms with E-state index in [1.165, 1.54) is 44.0 Å². The Morgan fingerprint density at radius 1 is 0.895 bits per heavy atom. The second-order valence-corrected chi connectivity index (χ2v) is 16.6. The Morgan fingerprint density at radius 2 is 1.65 bits per heavy atom. The fourth-order valence-corrected chi connectivity index (χ4v) is 9.61. The number of hydrogen-bond acceptors (Lipinski definition) is 10. The first-order valence-electron chi connectivity index (χ1n) is 20.4. The van der Waals surface area contributed by atoms with Crippen LogP contribution in [0.2, 0.25) is 0 Å². The third-order valence-electron chi connectivity index (χ3n) is 12.1. The number of pyridine rings is 1. The van der Waals surface area contributed by atoms with Crippen LogP contribution in [0.1, 0.15) is 114 Å². The summed E-state index contributed by atoms with van der Waals surface area (Å²) in [7, 11) is 2.70. The number of rotatable bonds is 14. The molecule has 7 rings (SSSR count). The van der Waals surface area contributed by atoms with E-state index in [4.69, 9.17) is 28.7 Å². The number of benzene rings is 2. The van der Waals surface area contributed by atoms with Crippen molar-refractivity contribution < 1.29 is 42.1 Å². The number of nitrogens with one attached hydrogen (secondary N) is 1. The molecule has 0 amide bonds. The predicted octanol–water partition coefficient (Wildman–Crippen LogP) is 8.43. The van der Waals surface area contributed by atoms with Gasteiger partial charge in [0.25, 0.3) is 0 Å². The number of hydrogen-bond donors (Lipinski definition) is 1. The number of likely N-dealkylation sites (tertiary alicyclic amines) is 1. The zero-order valence-corrected chi connectivity index (χ0v) is 34.4. The zero-order chi connectivity index (χ0) is 39.9. The third-order valence-corrected chi connectivity index (χ3v) is 12.9. The maximum atomic E-state index is 14.6. The van der Waals surface area contributed by atoms with E-state index in [-0.39, 0.29) is 30.2 Å². The molecule has 4 aliphatic rings. The fourth-order valence-electron chi connectivity index (χ4n) is 9.03. The Kier molecular flexibility index (Phi) is 14.3. The summed E-state index contributed by atoms with van der Waals surface area (Å²) in [5.74, 6) is -0.421. The highest BCUT2D eigenvalue weighted by atomic mass is 79.9. The summed E-state index contributed by atoms with van der Waals surface area (Å²) >= 11 is 3.40. The van der Waals surface area contributed by atoms with Crippen LogP contribution in [0, 0.1) is 17.6 Å². The van der Waals surface area contributed by atoms with E-state index in [2.05, 4.69) is 38.3 Å². The van der Waals surface area contributed by atoms with Crippen molar-refractivity contribution in [2.75, 3.05) is 52.4 Å². The molecule has 3 saturated heterocycles. The second-order valence-electron chi connectivity index (χ2n) is 15.7. The van der Waals surface area contributed by atoms with E-state index >= 15 is 0 Å². The Balaban J connectivity index is 0.899. The van der Waals surface area contributed by atoms with E-state index < -0.39 is 28.6 Å². The highest BCUT2D eigenvalue weighted by molar-refractivity contribution is 9.09. The maximum Gasteiger partial charge on any atom is 0.327 e. The number of fused-ring (bicyclic) bond motifs is 1. The summed E-state index contributed by atoms with van der Waals surface area (Å²) < 4.78 is 57.6. The molecule has 3 fully saturated rings. The van der Waals surface area contributed by atoms with Gasteiger partial charge in [-0.05, 0) is 135 Å². The van der Waals surface area contributed by atoms with Gasteiger partial charge in [-0.1, -0.05) is 34.1 Å². The number of nitrogens with zero attached hydrogens (tertiary/aromatic N) is 2. The molecule has 2 aromatic carbocycles. The molecular weight excluding hydrogens is 800 g/mol. The number of carbonyl (C=O) groups excluding carboxylic acids is 2. The van der Waals surface area contributed by atoms with Gasteiger partial charge in [0.05, 0.1) is 32.5 Å². The molecule has 308 valence electrons. The number of unbranched alkanes of at least 4 members (excludes halogenated alkanes) is 1. The maximum absolute atomic E-state index is 14.6. The highest BCUT2D eigenvalue weighted by Crippen LogP contribution is 2.42. The minimum atomic E-state index is -0.784. The van der Waals surface area contributed by atoms with Crippen molar-refractivity contribution in [3.63, 3.8) is 0 Å². The first-order chi connectivity index (χ1) is 27.7. The lowest BCUT2D eigenvalue weighted by molar-refractivity contribution is -0.147. The molecule has 7 atom stereocenters. The summed E-state index contributed by atoms with van der Waals surface area (Å²) in [6, 6.07) is 13.0. The number of alkyl halides is 1. The number of methoxy groups -OCH3 is 2. The van der Waals surface area contributed by atoms with Gasteiger partial charge in [-0.25, -0.2) is 18.6 Å². The first-order valence-corrected chi connectivity index (χ1v) is 21.4. The van der Waals surface area contributed by atoms with Crippen LogP contribution >= 0.6 is 15.9 Å². The lowest BCUT2D eigenvalue weighted by Gasteiger charge is -2.38. The minimum Gasteiger partial charge on any atom is -0.468 e. The average molecular weight is 855 g/mol. The van der Waals surface area contributed by atoms with Crippen LogP contribution in [-0.4, -0.2) is 81.1 Å². The van der Waals surface area contributed by atoms with E-state index in [0.717, 1.165) is 93.3 Å². The van der Waals surface area contributed by atoms with Gasteiger partial charge in [0.15, 0.2) is 0 Å². The van der Waals surface area contributed by atoms with Gasteiger partial charge < -0.3 is 29.0 Å². The quantitative estimate of drug-likeness (QED) is 0.0965. The van der Waals surface area contributed by atoms with Gasteiger partial charge >= 0.3 is 11.9 Å². The van der Waals surface area contributed by atoms with Crippen LogP contribution in [0.15, 0.2) is 48.5 Å². The van der Waals surface area contributed by atoms with Crippen molar-refractivity contribution in [2.45, 2.75) is 106 Å². The van der Waals surface area contributed by atoms with Gasteiger partial charge in [0.2, 0.25) is 0 Å². The monoisotopic (exact) mass is 853 g/mol. The highest BCUT2D eigenvalue weighted by Gasteiger charge is 2.38. The van der Waals surface area contributed by atoms with Gasteiger partial charge in [-0.3, -0.25) is 9.69 Å². The molecular formula is C44H54BrF2N3O7. The van der Waals surface area contributed by atoms with Crippen molar-refractivity contribution >= 4 is 33.7 Å². The molecule has 1 N–H and O–H groups in total. The first kappa shape index (κ1) is 41.7. The fraction of sp³-hybridized carbons (Fsp3) is 0.568. The molecule has 3 aromatic rings. The third kappa shape index (κ3) is 10.0. The molecule has 0 bridgehead atoms. The molecule has 0 saturated carbocycles. The van der Waals surface area contributed by atoms with Crippen LogP contribution in [0.5, 0.6) is 0 Å². The van der Waals surface area contributed by atoms with Crippen LogP contribution in [-0.2, 0) is 46.1 Å². The number of aromatic nitrogens is 1. The number of aryl methyl sites for hydroxylation is 2. The Hall–Kier alpha value is -3.49. The number of anilines is 1. The van der Waals surface area contributed by atoms with Crippen LogP contribution < -0.4 is 5.32 Å². The molecule has 10 nitrogen and oxygen atoms in total. The van der Waals surface area contributed by atoms with Gasteiger partial charge in [0.1, 0.15) is 28.3 Å². The largest absolute Gasteiger partial charge is 0.468 e. The van der Waals surface area contributed by atoms with E-state index in [1.807, 2.05) is 0 Å². The molecule has 0 aliphatic carbocycles. The standard InChI is InChI=1S/C44H54BrF2N3O7/c1-53-43(51)40(45)35-24-29(46)11-14-33(35)39-23-28(18-22-57-39)37-16-10-27-9-13-31(48-42(27)49-37)7-3-5-20-55-32-17-19-50(26-32)41(44(52)54-2)36-25-30(47)12-15-34(36)38-8-4-6-21-56-38/h9,11-15,24-25,28,32,37-41H,3-8,10,16-23,26H2,1-2H3,(H,48,49)/t28?,32?,37?,38-,39?,40?,41?/m0/s1. The SMILES string of the molecule is COC(=O)C(Br)c1cc(F)ccc1C1CC(C2CCc3ccc(CCCCOC4CCN(C(C(=O)OC)c5cc(F)ccc5[C@@H]5CCCCO5)C4)nc3N2)CCO1. The van der Waals surface area contributed by atoms with Crippen molar-refractivity contribution in [2.24, 2.45) is 5.92 Å². The molecule has 57 heavy (non-hydrogen) atoms. The topological polar surface area (TPSA) is 108 Å². The van der Waals surface area contributed by atoms with Gasteiger partial charge in [-0.15, -0.1) is 0 Å². The van der Waals surface area contributed by atoms with E-state index in [0.29, 0.717) is 50.0 Å². The Morgan fingerprint density at radius 3 is 2.40 bits per heavy atom. The summed E-state index contributed by atoms with van der Waals surface area (Å²) in [6.07, 6.45) is 9.39. The normalized spacial score (nSPS) is 24.9. The average Bonchev–Trinajstić information content (AvgIpc) is 3.71. The van der Waals surface area contributed by atoms with Gasteiger partial charge in [-0.2, -0.15) is 0 Å². The lowest BCUT2D eigenvalue weighted by Crippen LogP contribution is -2.37. The number of carbonyl (C=O) groups is 2. The molecule has 13 heteroatoms. The van der Waals surface area contributed by atoms with Crippen LogP contribution in [0.25, 0.3) is 0 Å². The van der Waals surface area contributed by atoms with Crippen molar-refractivity contribution in [3.05, 3.63) is 93.7 Å². The summed E-state index contributed by atoms with van der Waals surface area (Å²) in [5, 5.41) is 3.75. The molecule has 1 aromatic heterocycles. The Labute approximate surface area is 342 Å². The molecule has 5 heterocycles. The lowest BCUT2D eigenvalue weighted by atomic mass is 9.81. The number of ether oxygens (including phenoxy) is 5. The van der Waals surface area contributed by atoms with Crippen LogP contribution in [0.3, 0.4) is 0 Å². The zero-order valence-electron chi connectivity index (χ0n) is 32.9. The molecule has 0 spiro atoms. The summed E-state index contributed by atoms with van der Waals surface area (Å²) in [6.45, 7) is 3.04. The van der Waals surface area contributed by atoms with E-state index in [9.17, 15) is 18.4 Å². The molecule has 4 aliphatic heterocycles.